The molecule has 0 fully saturated rings. The number of nitriles is 1. The summed E-state index contributed by atoms with van der Waals surface area (Å²) in [7, 11) is 0. The number of fused-ring (bicyclic) bond motifs is 1. The number of aromatic amines is 1. The number of halogens is 3. The number of Topliss-reactive ketones (excluding diaryl/α,β-unsaturated/α-hetero) is 1. The Morgan fingerprint density at radius 3 is 2.59 bits per heavy atom. The third kappa shape index (κ3) is 4.19. The molecule has 0 unspecified atom stereocenters. The molecule has 146 valence electrons. The number of amides is 1. The minimum atomic E-state index is -5.02. The maximum absolute atomic E-state index is 12.9. The Hall–Kier alpha value is -3.86. The highest BCUT2D eigenvalue weighted by molar-refractivity contribution is 6.20. The molecule has 0 aliphatic heterocycles. The van der Waals surface area contributed by atoms with E-state index in [-0.39, 0.29) is 11.3 Å². The van der Waals surface area contributed by atoms with Gasteiger partial charge in [-0.2, -0.15) is 18.4 Å². The number of carbonyl (C=O) groups is 2. The second-order valence-electron chi connectivity index (χ2n) is 6.28. The number of H-pyrrole nitrogens is 1. The molecule has 2 aromatic carbocycles. The van der Waals surface area contributed by atoms with Crippen LogP contribution in [-0.2, 0) is 4.79 Å². The van der Waals surface area contributed by atoms with E-state index in [1.54, 1.807) is 5.32 Å². The Morgan fingerprint density at radius 1 is 1.17 bits per heavy atom. The van der Waals surface area contributed by atoms with Crippen molar-refractivity contribution in [1.29, 1.82) is 5.26 Å². The van der Waals surface area contributed by atoms with Crippen LogP contribution in [0.5, 0.6) is 0 Å². The molecule has 29 heavy (non-hydrogen) atoms. The lowest BCUT2D eigenvalue weighted by atomic mass is 9.99. The van der Waals surface area contributed by atoms with Gasteiger partial charge in [0.2, 0.25) is 5.78 Å². The molecular formula is C21H14F3N3O2. The molecule has 0 saturated heterocycles. The number of aryl methyl sites for hydroxylation is 1. The number of hydrogen-bond acceptors (Lipinski definition) is 3. The maximum Gasteiger partial charge on any atom is 0.471 e. The van der Waals surface area contributed by atoms with E-state index >= 15 is 0 Å². The largest absolute Gasteiger partial charge is 0.471 e. The number of rotatable bonds is 4. The molecule has 0 atom stereocenters. The van der Waals surface area contributed by atoms with Gasteiger partial charge in [0.15, 0.2) is 0 Å². The molecule has 0 aliphatic rings. The van der Waals surface area contributed by atoms with Gasteiger partial charge in [-0.05, 0) is 42.3 Å². The topological polar surface area (TPSA) is 85.8 Å². The van der Waals surface area contributed by atoms with Crippen LogP contribution in [0.4, 0.5) is 18.9 Å². The van der Waals surface area contributed by atoms with Crippen LogP contribution >= 0.6 is 0 Å². The predicted molar refractivity (Wildman–Crippen MR) is 102 cm³/mol. The Kier molecular flexibility index (Phi) is 5.24. The van der Waals surface area contributed by atoms with Gasteiger partial charge in [0.1, 0.15) is 11.6 Å². The van der Waals surface area contributed by atoms with Gasteiger partial charge in [0.05, 0.1) is 0 Å². The van der Waals surface area contributed by atoms with E-state index in [0.29, 0.717) is 16.5 Å². The molecule has 1 aromatic heterocycles. The minimum absolute atomic E-state index is 0.103. The Balaban J connectivity index is 1.94. The number of benzene rings is 2. The number of ketones is 1. The van der Waals surface area contributed by atoms with E-state index < -0.39 is 17.9 Å². The SMILES string of the molecule is Cc1cccc2[nH]cc(C(=O)/C(C#N)=C/c3cccc(NC(=O)C(F)(F)F)c3)c12. The third-order valence-electron chi connectivity index (χ3n) is 4.24. The number of hydrogen-bond donors (Lipinski definition) is 2. The van der Waals surface area contributed by atoms with Crippen LogP contribution in [0.25, 0.3) is 17.0 Å². The average molecular weight is 397 g/mol. The number of nitrogens with zero attached hydrogens (tertiary/aromatic N) is 1. The maximum atomic E-state index is 12.9. The molecule has 2 N–H and O–H groups in total. The fourth-order valence-corrected chi connectivity index (χ4v) is 2.92. The normalized spacial score (nSPS) is 11.9. The summed E-state index contributed by atoms with van der Waals surface area (Å²) < 4.78 is 37.2. The zero-order chi connectivity index (χ0) is 21.2. The molecule has 1 amide bonds. The molecule has 3 rings (SSSR count). The number of alkyl halides is 3. The van der Waals surface area contributed by atoms with Gasteiger partial charge in [-0.3, -0.25) is 9.59 Å². The summed E-state index contributed by atoms with van der Waals surface area (Å²) in [5.74, 6) is -2.62. The second-order valence-corrected chi connectivity index (χ2v) is 6.28. The zero-order valence-electron chi connectivity index (χ0n) is 15.1. The van der Waals surface area contributed by atoms with Crippen LogP contribution < -0.4 is 5.32 Å². The van der Waals surface area contributed by atoms with Crippen molar-refractivity contribution >= 4 is 34.4 Å². The van der Waals surface area contributed by atoms with Gasteiger partial charge >= 0.3 is 12.1 Å². The van der Waals surface area contributed by atoms with Crippen molar-refractivity contribution in [3.63, 3.8) is 0 Å². The molecule has 0 radical (unpaired) electrons. The van der Waals surface area contributed by atoms with Gasteiger partial charge in [-0.25, -0.2) is 0 Å². The summed E-state index contributed by atoms with van der Waals surface area (Å²) in [5.41, 5.74) is 1.95. The van der Waals surface area contributed by atoms with E-state index in [1.807, 2.05) is 31.2 Å². The van der Waals surface area contributed by atoms with E-state index in [9.17, 15) is 28.0 Å². The summed E-state index contributed by atoms with van der Waals surface area (Å²) in [6.45, 7) is 1.84. The molecular weight excluding hydrogens is 383 g/mol. The molecule has 3 aromatic rings. The van der Waals surface area contributed by atoms with Crippen molar-refractivity contribution in [1.82, 2.24) is 4.98 Å². The molecule has 1 heterocycles. The summed E-state index contributed by atoms with van der Waals surface area (Å²) in [6.07, 6.45) is -2.24. The van der Waals surface area contributed by atoms with Crippen molar-refractivity contribution < 1.29 is 22.8 Å². The van der Waals surface area contributed by atoms with Crippen molar-refractivity contribution in [2.45, 2.75) is 13.1 Å². The molecule has 0 aliphatic carbocycles. The lowest BCUT2D eigenvalue weighted by Crippen LogP contribution is -2.29. The van der Waals surface area contributed by atoms with Gasteiger partial charge in [0, 0.05) is 28.4 Å². The van der Waals surface area contributed by atoms with Gasteiger partial charge in [-0.1, -0.05) is 24.3 Å². The first-order valence-corrected chi connectivity index (χ1v) is 8.42. The monoisotopic (exact) mass is 397 g/mol. The average Bonchev–Trinajstić information content (AvgIpc) is 3.10. The van der Waals surface area contributed by atoms with Crippen LogP contribution in [-0.4, -0.2) is 22.9 Å². The smallest absolute Gasteiger partial charge is 0.360 e. The van der Waals surface area contributed by atoms with Crippen LogP contribution in [0.1, 0.15) is 21.5 Å². The molecule has 8 heteroatoms. The summed E-state index contributed by atoms with van der Waals surface area (Å²) in [5, 5.41) is 11.9. The van der Waals surface area contributed by atoms with Crippen LogP contribution in [0.3, 0.4) is 0 Å². The van der Waals surface area contributed by atoms with E-state index in [2.05, 4.69) is 4.98 Å². The second kappa shape index (κ2) is 7.64. The molecule has 0 spiro atoms. The van der Waals surface area contributed by atoms with Crippen molar-refractivity contribution in [3.8, 4) is 6.07 Å². The number of aromatic nitrogens is 1. The first-order valence-electron chi connectivity index (χ1n) is 8.42. The first-order chi connectivity index (χ1) is 13.7. The molecule has 0 saturated carbocycles. The van der Waals surface area contributed by atoms with E-state index in [4.69, 9.17) is 0 Å². The van der Waals surface area contributed by atoms with Gasteiger partial charge < -0.3 is 10.3 Å². The number of carbonyl (C=O) groups excluding carboxylic acids is 2. The third-order valence-corrected chi connectivity index (χ3v) is 4.24. The highest BCUT2D eigenvalue weighted by atomic mass is 19.4. The van der Waals surface area contributed by atoms with Gasteiger partial charge in [-0.15, -0.1) is 0 Å². The zero-order valence-corrected chi connectivity index (χ0v) is 15.1. The standard InChI is InChI=1S/C21H14F3N3O2/c1-12-4-2-7-17-18(12)16(11-26-17)19(28)14(10-25)8-13-5-3-6-15(9-13)27-20(29)21(22,23)24/h2-9,11,26H,1H3,(H,27,29)/b14-8+. The Morgan fingerprint density at radius 2 is 1.90 bits per heavy atom. The lowest BCUT2D eigenvalue weighted by molar-refractivity contribution is -0.167. The molecule has 5 nitrogen and oxygen atoms in total. The highest BCUT2D eigenvalue weighted by Gasteiger charge is 2.38. The predicted octanol–water partition coefficient (Wildman–Crippen LogP) is 4.77. The van der Waals surface area contributed by atoms with Crippen LogP contribution in [0, 0.1) is 18.3 Å². The van der Waals surface area contributed by atoms with Crippen LogP contribution in [0.2, 0.25) is 0 Å². The lowest BCUT2D eigenvalue weighted by Gasteiger charge is -2.08. The quantitative estimate of drug-likeness (QED) is 0.378. The summed E-state index contributed by atoms with van der Waals surface area (Å²) in [4.78, 5) is 26.9. The Bertz CT molecular complexity index is 1180. The van der Waals surface area contributed by atoms with Gasteiger partial charge in [0.25, 0.3) is 0 Å². The molecule has 0 bridgehead atoms. The number of anilines is 1. The number of nitrogens with one attached hydrogen (secondary N) is 2. The van der Waals surface area contributed by atoms with Crippen molar-refractivity contribution in [3.05, 3.63) is 70.9 Å². The fraction of sp³-hybridized carbons (Fsp3) is 0.0952. The summed E-state index contributed by atoms with van der Waals surface area (Å²) >= 11 is 0. The van der Waals surface area contributed by atoms with Crippen molar-refractivity contribution in [2.24, 2.45) is 0 Å². The highest BCUT2D eigenvalue weighted by Crippen LogP contribution is 2.25. The van der Waals surface area contributed by atoms with Crippen LogP contribution in [0.15, 0.2) is 54.2 Å². The summed E-state index contributed by atoms with van der Waals surface area (Å²) in [6, 6.07) is 12.8. The van der Waals surface area contributed by atoms with Crippen molar-refractivity contribution in [2.75, 3.05) is 5.32 Å². The minimum Gasteiger partial charge on any atom is -0.360 e. The Labute approximate surface area is 163 Å². The first kappa shape index (κ1) is 19.9. The van der Waals surface area contributed by atoms with E-state index in [1.165, 1.54) is 36.5 Å². The fourth-order valence-electron chi connectivity index (χ4n) is 2.92. The number of allylic oxidation sites excluding steroid dienone is 1. The van der Waals surface area contributed by atoms with E-state index in [0.717, 1.165) is 11.1 Å².